The summed E-state index contributed by atoms with van der Waals surface area (Å²) in [5.41, 5.74) is 1.76. The van der Waals surface area contributed by atoms with Crippen molar-refractivity contribution in [3.63, 3.8) is 0 Å². The van der Waals surface area contributed by atoms with E-state index < -0.39 is 0 Å². The predicted octanol–water partition coefficient (Wildman–Crippen LogP) is 3.10. The number of nitrogens with zero attached hydrogens (tertiary/aromatic N) is 2. The molecule has 2 aromatic rings. The highest BCUT2D eigenvalue weighted by Gasteiger charge is 2.12. The lowest BCUT2D eigenvalue weighted by Gasteiger charge is -2.23. The quantitative estimate of drug-likeness (QED) is 0.903. The average Bonchev–Trinajstić information content (AvgIpc) is 2.90. The Morgan fingerprint density at radius 1 is 1.22 bits per heavy atom. The van der Waals surface area contributed by atoms with E-state index in [0.29, 0.717) is 18.1 Å². The fraction of sp³-hybridized carbons (Fsp3) is 0.529. The number of imidazole rings is 1. The molecule has 0 unspecified atom stereocenters. The molecule has 0 saturated carbocycles. The zero-order valence-electron chi connectivity index (χ0n) is 13.3. The van der Waals surface area contributed by atoms with Crippen molar-refractivity contribution in [1.82, 2.24) is 20.2 Å². The zero-order valence-corrected chi connectivity index (χ0v) is 14.0. The Hall–Kier alpha value is -1.59. The number of aromatic amines is 1. The minimum Gasteiger partial charge on any atom is -0.348 e. The average molecular weight is 335 g/mol. The van der Waals surface area contributed by atoms with E-state index in [2.05, 4.69) is 20.2 Å². The number of fused-ring (bicyclic) bond motifs is 1. The molecule has 5 nitrogen and oxygen atoms in total. The SMILES string of the molecule is O=C(CN1CCCCCCC1)NCc1nc2ccc(Cl)cc2[nH]1. The maximum atomic E-state index is 12.1. The van der Waals surface area contributed by atoms with E-state index in [-0.39, 0.29) is 5.91 Å². The second kappa shape index (κ2) is 7.79. The molecule has 0 spiro atoms. The molecular weight excluding hydrogens is 312 g/mol. The van der Waals surface area contributed by atoms with Gasteiger partial charge in [-0.1, -0.05) is 30.9 Å². The molecule has 1 aliphatic rings. The maximum absolute atomic E-state index is 12.1. The summed E-state index contributed by atoms with van der Waals surface area (Å²) in [6, 6.07) is 5.53. The highest BCUT2D eigenvalue weighted by atomic mass is 35.5. The Bertz CT molecular complexity index is 662. The number of nitrogens with one attached hydrogen (secondary N) is 2. The maximum Gasteiger partial charge on any atom is 0.234 e. The van der Waals surface area contributed by atoms with E-state index in [1.54, 1.807) is 0 Å². The van der Waals surface area contributed by atoms with Crippen LogP contribution in [0.25, 0.3) is 11.0 Å². The molecule has 1 fully saturated rings. The van der Waals surface area contributed by atoms with Gasteiger partial charge in [0.05, 0.1) is 24.1 Å². The van der Waals surface area contributed by atoms with Crippen LogP contribution in [-0.2, 0) is 11.3 Å². The Labute approximate surface area is 141 Å². The summed E-state index contributed by atoms with van der Waals surface area (Å²) in [5, 5.41) is 3.63. The van der Waals surface area contributed by atoms with Crippen molar-refractivity contribution in [2.75, 3.05) is 19.6 Å². The number of hydrogen-bond acceptors (Lipinski definition) is 3. The van der Waals surface area contributed by atoms with Crippen LogP contribution in [0, 0.1) is 0 Å². The molecular formula is C17H23ClN4O. The molecule has 2 N–H and O–H groups in total. The van der Waals surface area contributed by atoms with Gasteiger partial charge in [-0.3, -0.25) is 9.69 Å². The van der Waals surface area contributed by atoms with Gasteiger partial charge in [0.25, 0.3) is 0 Å². The lowest BCUT2D eigenvalue weighted by Crippen LogP contribution is -2.38. The van der Waals surface area contributed by atoms with Crippen molar-refractivity contribution in [1.29, 1.82) is 0 Å². The van der Waals surface area contributed by atoms with E-state index in [1.165, 1.54) is 32.1 Å². The number of likely N-dealkylation sites (tertiary alicyclic amines) is 1. The number of hydrogen-bond donors (Lipinski definition) is 2. The van der Waals surface area contributed by atoms with Crippen LogP contribution in [-0.4, -0.2) is 40.4 Å². The first-order valence-corrected chi connectivity index (χ1v) is 8.72. The molecule has 1 aliphatic heterocycles. The number of carbonyl (C=O) groups is 1. The second-order valence-corrected chi connectivity index (χ2v) is 6.60. The van der Waals surface area contributed by atoms with Gasteiger partial charge in [-0.15, -0.1) is 0 Å². The van der Waals surface area contributed by atoms with Crippen LogP contribution >= 0.6 is 11.6 Å². The molecule has 124 valence electrons. The van der Waals surface area contributed by atoms with E-state index in [4.69, 9.17) is 11.6 Å². The van der Waals surface area contributed by atoms with Crippen molar-refractivity contribution in [2.24, 2.45) is 0 Å². The third kappa shape index (κ3) is 4.69. The number of aromatic nitrogens is 2. The number of rotatable bonds is 4. The van der Waals surface area contributed by atoms with Crippen molar-refractivity contribution < 1.29 is 4.79 Å². The van der Waals surface area contributed by atoms with E-state index in [1.807, 2.05) is 18.2 Å². The summed E-state index contributed by atoms with van der Waals surface area (Å²) in [5.74, 6) is 0.812. The fourth-order valence-corrected chi connectivity index (χ4v) is 3.20. The molecule has 0 atom stereocenters. The largest absolute Gasteiger partial charge is 0.348 e. The molecule has 1 amide bonds. The zero-order chi connectivity index (χ0) is 16.1. The Kier molecular flexibility index (Phi) is 5.51. The summed E-state index contributed by atoms with van der Waals surface area (Å²) >= 11 is 5.97. The summed E-state index contributed by atoms with van der Waals surface area (Å²) in [6.07, 6.45) is 6.27. The number of H-pyrrole nitrogens is 1. The van der Waals surface area contributed by atoms with Gasteiger partial charge in [-0.2, -0.15) is 0 Å². The monoisotopic (exact) mass is 334 g/mol. The van der Waals surface area contributed by atoms with Gasteiger partial charge in [-0.25, -0.2) is 4.98 Å². The highest BCUT2D eigenvalue weighted by Crippen LogP contribution is 2.17. The minimum atomic E-state index is 0.0593. The van der Waals surface area contributed by atoms with Crippen LogP contribution < -0.4 is 5.32 Å². The van der Waals surface area contributed by atoms with Gasteiger partial charge in [-0.05, 0) is 44.1 Å². The van der Waals surface area contributed by atoms with Gasteiger partial charge in [0.2, 0.25) is 5.91 Å². The molecule has 1 saturated heterocycles. The van der Waals surface area contributed by atoms with Crippen molar-refractivity contribution in [2.45, 2.75) is 38.6 Å². The van der Waals surface area contributed by atoms with Crippen LogP contribution in [0.4, 0.5) is 0 Å². The Morgan fingerprint density at radius 3 is 2.74 bits per heavy atom. The molecule has 6 heteroatoms. The van der Waals surface area contributed by atoms with Crippen LogP contribution in [0.1, 0.15) is 37.9 Å². The fourth-order valence-electron chi connectivity index (χ4n) is 3.03. The standard InChI is InChI=1S/C17H23ClN4O/c18-13-6-7-14-15(10-13)21-16(20-14)11-19-17(23)12-22-8-4-2-1-3-5-9-22/h6-7,10H,1-5,8-9,11-12H2,(H,19,23)(H,20,21). The number of amides is 1. The molecule has 0 aliphatic carbocycles. The van der Waals surface area contributed by atoms with Crippen molar-refractivity contribution in [3.05, 3.63) is 29.0 Å². The first-order valence-electron chi connectivity index (χ1n) is 8.34. The molecule has 1 aromatic carbocycles. The Morgan fingerprint density at radius 2 is 1.96 bits per heavy atom. The number of carbonyl (C=O) groups excluding carboxylic acids is 1. The molecule has 2 heterocycles. The van der Waals surface area contributed by atoms with E-state index in [9.17, 15) is 4.79 Å². The van der Waals surface area contributed by atoms with E-state index >= 15 is 0 Å². The third-order valence-electron chi connectivity index (χ3n) is 4.26. The van der Waals surface area contributed by atoms with Gasteiger partial charge in [0.1, 0.15) is 5.82 Å². The predicted molar refractivity (Wildman–Crippen MR) is 92.5 cm³/mol. The molecule has 3 rings (SSSR count). The second-order valence-electron chi connectivity index (χ2n) is 6.17. The summed E-state index contributed by atoms with van der Waals surface area (Å²) < 4.78 is 0. The number of benzene rings is 1. The highest BCUT2D eigenvalue weighted by molar-refractivity contribution is 6.31. The van der Waals surface area contributed by atoms with Gasteiger partial charge in [0.15, 0.2) is 0 Å². The van der Waals surface area contributed by atoms with Crippen LogP contribution in [0.15, 0.2) is 18.2 Å². The van der Waals surface area contributed by atoms with Crippen LogP contribution in [0.3, 0.4) is 0 Å². The first kappa shape index (κ1) is 16.3. The Balaban J connectivity index is 1.51. The normalized spacial score (nSPS) is 16.9. The van der Waals surface area contributed by atoms with Crippen LogP contribution in [0.5, 0.6) is 0 Å². The van der Waals surface area contributed by atoms with Crippen molar-refractivity contribution in [3.8, 4) is 0 Å². The summed E-state index contributed by atoms with van der Waals surface area (Å²) in [7, 11) is 0. The molecule has 0 radical (unpaired) electrons. The smallest absolute Gasteiger partial charge is 0.234 e. The first-order chi connectivity index (χ1) is 11.2. The summed E-state index contributed by atoms with van der Waals surface area (Å²) in [4.78, 5) is 22.0. The van der Waals surface area contributed by atoms with Crippen molar-refractivity contribution >= 4 is 28.5 Å². The van der Waals surface area contributed by atoms with E-state index in [0.717, 1.165) is 29.9 Å². The summed E-state index contributed by atoms with van der Waals surface area (Å²) in [6.45, 7) is 2.94. The number of halogens is 1. The van der Waals surface area contributed by atoms with Gasteiger partial charge in [0, 0.05) is 5.02 Å². The molecule has 23 heavy (non-hydrogen) atoms. The molecule has 0 bridgehead atoms. The third-order valence-corrected chi connectivity index (χ3v) is 4.50. The lowest BCUT2D eigenvalue weighted by molar-refractivity contribution is -0.122. The topological polar surface area (TPSA) is 61.0 Å². The lowest BCUT2D eigenvalue weighted by atomic mass is 10.1. The minimum absolute atomic E-state index is 0.0593. The van der Waals surface area contributed by atoms with Crippen LogP contribution in [0.2, 0.25) is 5.02 Å². The van der Waals surface area contributed by atoms with Gasteiger partial charge < -0.3 is 10.3 Å². The van der Waals surface area contributed by atoms with Gasteiger partial charge >= 0.3 is 0 Å². The molecule has 1 aromatic heterocycles.